The first kappa shape index (κ1) is 10.9. The normalized spacial score (nSPS) is 22.7. The van der Waals surface area contributed by atoms with Gasteiger partial charge in [-0.2, -0.15) is 0 Å². The Bertz CT molecular complexity index is 486. The Morgan fingerprint density at radius 1 is 1.53 bits per heavy atom. The molecular formula is C9H10ClNO3S. The summed E-state index contributed by atoms with van der Waals surface area (Å²) in [5.41, 5.74) is 0.702. The molecule has 0 radical (unpaired) electrons. The maximum atomic E-state index is 11.7. The van der Waals surface area contributed by atoms with Crippen LogP contribution < -0.4 is 5.90 Å². The second-order valence-electron chi connectivity index (χ2n) is 3.49. The van der Waals surface area contributed by atoms with E-state index >= 15 is 0 Å². The number of hydrogen-bond donors (Lipinski definition) is 1. The molecule has 0 amide bonds. The smallest absolute Gasteiger partial charge is 0.179 e. The number of rotatable bonds is 2. The Labute approximate surface area is 92.9 Å². The standard InChI is InChI=1S/C9H10ClNO3S/c10-7-1-2-9-8(3-7)6(4-14-11)5-15(9,12)13/h1-3,6H,4-5,11H2. The number of benzene rings is 1. The molecule has 0 spiro atoms. The van der Waals surface area contributed by atoms with Crippen LogP contribution >= 0.6 is 11.6 Å². The lowest BCUT2D eigenvalue weighted by Gasteiger charge is -2.07. The van der Waals surface area contributed by atoms with Gasteiger partial charge in [-0.05, 0) is 23.8 Å². The van der Waals surface area contributed by atoms with Crippen LogP contribution in [0.25, 0.3) is 0 Å². The first-order valence-electron chi connectivity index (χ1n) is 4.38. The molecule has 15 heavy (non-hydrogen) atoms. The van der Waals surface area contributed by atoms with Crippen LogP contribution in [0.3, 0.4) is 0 Å². The topological polar surface area (TPSA) is 69.4 Å². The highest BCUT2D eigenvalue weighted by molar-refractivity contribution is 7.91. The van der Waals surface area contributed by atoms with Crippen LogP contribution in [0.15, 0.2) is 23.1 Å². The monoisotopic (exact) mass is 247 g/mol. The van der Waals surface area contributed by atoms with Crippen molar-refractivity contribution in [3.8, 4) is 0 Å². The molecule has 1 unspecified atom stereocenters. The molecule has 0 aromatic heterocycles. The number of halogens is 1. The highest BCUT2D eigenvalue weighted by atomic mass is 35.5. The van der Waals surface area contributed by atoms with Gasteiger partial charge in [0.15, 0.2) is 9.84 Å². The molecule has 1 aliphatic heterocycles. The Balaban J connectivity index is 2.53. The van der Waals surface area contributed by atoms with Crippen LogP contribution in [0.1, 0.15) is 11.5 Å². The van der Waals surface area contributed by atoms with Crippen molar-refractivity contribution in [3.63, 3.8) is 0 Å². The van der Waals surface area contributed by atoms with E-state index in [1.807, 2.05) is 0 Å². The third-order valence-electron chi connectivity index (χ3n) is 2.46. The van der Waals surface area contributed by atoms with Gasteiger partial charge in [-0.15, -0.1) is 0 Å². The third kappa shape index (κ3) is 1.88. The van der Waals surface area contributed by atoms with E-state index in [2.05, 4.69) is 4.84 Å². The molecule has 6 heteroatoms. The molecule has 1 aromatic carbocycles. The van der Waals surface area contributed by atoms with E-state index in [0.717, 1.165) is 0 Å². The summed E-state index contributed by atoms with van der Waals surface area (Å²) < 4.78 is 23.4. The van der Waals surface area contributed by atoms with Gasteiger partial charge in [0, 0.05) is 10.9 Å². The fraction of sp³-hybridized carbons (Fsp3) is 0.333. The molecule has 1 aliphatic rings. The minimum Gasteiger partial charge on any atom is -0.304 e. The van der Waals surface area contributed by atoms with E-state index in [1.165, 1.54) is 6.07 Å². The summed E-state index contributed by atoms with van der Waals surface area (Å²) in [6.07, 6.45) is 0. The highest BCUT2D eigenvalue weighted by Gasteiger charge is 2.34. The fourth-order valence-corrected chi connectivity index (χ4v) is 3.85. The molecular weight excluding hydrogens is 238 g/mol. The molecule has 0 saturated heterocycles. The summed E-state index contributed by atoms with van der Waals surface area (Å²) in [7, 11) is -3.19. The minimum absolute atomic E-state index is 0.0415. The van der Waals surface area contributed by atoms with Gasteiger partial charge in [0.2, 0.25) is 0 Å². The van der Waals surface area contributed by atoms with Crippen LogP contribution in [0.4, 0.5) is 0 Å². The largest absolute Gasteiger partial charge is 0.304 e. The zero-order valence-corrected chi connectivity index (χ0v) is 9.38. The van der Waals surface area contributed by atoms with Crippen molar-refractivity contribution in [1.29, 1.82) is 0 Å². The zero-order chi connectivity index (χ0) is 11.1. The van der Waals surface area contributed by atoms with E-state index in [-0.39, 0.29) is 18.3 Å². The van der Waals surface area contributed by atoms with Crippen molar-refractivity contribution in [1.82, 2.24) is 0 Å². The first-order valence-corrected chi connectivity index (χ1v) is 6.41. The average molecular weight is 248 g/mol. The van der Waals surface area contributed by atoms with Crippen LogP contribution in [0, 0.1) is 0 Å². The molecule has 2 N–H and O–H groups in total. The summed E-state index contributed by atoms with van der Waals surface area (Å²) in [6, 6.07) is 4.76. The zero-order valence-electron chi connectivity index (χ0n) is 7.81. The van der Waals surface area contributed by atoms with Crippen LogP contribution in [0.5, 0.6) is 0 Å². The van der Waals surface area contributed by atoms with Gasteiger partial charge >= 0.3 is 0 Å². The SMILES string of the molecule is NOCC1CS(=O)(=O)c2ccc(Cl)cc21. The quantitative estimate of drug-likeness (QED) is 0.795. The summed E-state index contributed by atoms with van der Waals surface area (Å²) in [5.74, 6) is 4.79. The van der Waals surface area contributed by atoms with E-state index in [4.69, 9.17) is 17.5 Å². The van der Waals surface area contributed by atoms with Crippen molar-refractivity contribution in [2.45, 2.75) is 10.8 Å². The molecule has 1 aromatic rings. The molecule has 1 atom stereocenters. The van der Waals surface area contributed by atoms with E-state index in [0.29, 0.717) is 15.5 Å². The number of fused-ring (bicyclic) bond motifs is 1. The average Bonchev–Trinajstić information content (AvgIpc) is 2.39. The summed E-state index contributed by atoms with van der Waals surface area (Å²) in [5, 5.41) is 0.521. The Morgan fingerprint density at radius 3 is 2.93 bits per heavy atom. The van der Waals surface area contributed by atoms with E-state index in [1.54, 1.807) is 12.1 Å². The van der Waals surface area contributed by atoms with Crippen molar-refractivity contribution in [2.75, 3.05) is 12.4 Å². The van der Waals surface area contributed by atoms with E-state index in [9.17, 15) is 8.42 Å². The second kappa shape index (κ2) is 3.75. The van der Waals surface area contributed by atoms with Gasteiger partial charge in [0.05, 0.1) is 17.3 Å². The number of sulfone groups is 1. The lowest BCUT2D eigenvalue weighted by atomic mass is 10.0. The molecule has 2 rings (SSSR count). The third-order valence-corrected chi connectivity index (χ3v) is 4.58. The summed E-state index contributed by atoms with van der Waals surface area (Å²) >= 11 is 5.82. The van der Waals surface area contributed by atoms with Crippen molar-refractivity contribution < 1.29 is 13.3 Å². The van der Waals surface area contributed by atoms with Crippen LogP contribution in [-0.2, 0) is 14.7 Å². The molecule has 0 aliphatic carbocycles. The molecule has 4 nitrogen and oxygen atoms in total. The predicted molar refractivity (Wildman–Crippen MR) is 56.4 cm³/mol. The maximum Gasteiger partial charge on any atom is 0.179 e. The molecule has 0 saturated carbocycles. The summed E-state index contributed by atoms with van der Waals surface area (Å²) in [6.45, 7) is 0.187. The van der Waals surface area contributed by atoms with Crippen molar-refractivity contribution in [3.05, 3.63) is 28.8 Å². The Hall–Kier alpha value is -0.620. The Morgan fingerprint density at radius 2 is 2.27 bits per heavy atom. The lowest BCUT2D eigenvalue weighted by Crippen LogP contribution is -2.13. The van der Waals surface area contributed by atoms with Crippen molar-refractivity contribution in [2.24, 2.45) is 5.90 Å². The fourth-order valence-electron chi connectivity index (χ4n) is 1.82. The first-order chi connectivity index (χ1) is 7.04. The van der Waals surface area contributed by atoms with Crippen LogP contribution in [-0.4, -0.2) is 20.8 Å². The number of hydrogen-bond acceptors (Lipinski definition) is 4. The predicted octanol–water partition coefficient (Wildman–Crippen LogP) is 1.10. The van der Waals surface area contributed by atoms with Gasteiger partial charge in [0.25, 0.3) is 0 Å². The Kier molecular flexibility index (Phi) is 2.72. The summed E-state index contributed by atoms with van der Waals surface area (Å²) in [4.78, 5) is 4.85. The molecule has 0 fully saturated rings. The van der Waals surface area contributed by atoms with E-state index < -0.39 is 9.84 Å². The van der Waals surface area contributed by atoms with Gasteiger partial charge in [0.1, 0.15) is 0 Å². The second-order valence-corrected chi connectivity index (χ2v) is 5.93. The minimum atomic E-state index is -3.19. The van der Waals surface area contributed by atoms with Gasteiger partial charge in [-0.1, -0.05) is 11.6 Å². The molecule has 1 heterocycles. The lowest BCUT2D eigenvalue weighted by molar-refractivity contribution is 0.127. The maximum absolute atomic E-state index is 11.7. The molecule has 82 valence electrons. The molecule has 0 bridgehead atoms. The number of nitrogens with two attached hydrogens (primary N) is 1. The van der Waals surface area contributed by atoms with Gasteiger partial charge in [-0.25, -0.2) is 14.3 Å². The van der Waals surface area contributed by atoms with Crippen molar-refractivity contribution >= 4 is 21.4 Å². The van der Waals surface area contributed by atoms with Crippen LogP contribution in [0.2, 0.25) is 5.02 Å². The van der Waals surface area contributed by atoms with Gasteiger partial charge < -0.3 is 4.84 Å². The highest BCUT2D eigenvalue weighted by Crippen LogP contribution is 2.36. The van der Waals surface area contributed by atoms with Gasteiger partial charge in [-0.3, -0.25) is 0 Å².